The average molecular weight is 223 g/mol. The molecule has 2 rings (SSSR count). The highest BCUT2D eigenvalue weighted by molar-refractivity contribution is 5.47. The Morgan fingerprint density at radius 1 is 1.38 bits per heavy atom. The van der Waals surface area contributed by atoms with Crippen molar-refractivity contribution in [3.05, 3.63) is 28.8 Å². The second-order valence-corrected chi connectivity index (χ2v) is 4.55. The van der Waals surface area contributed by atoms with Gasteiger partial charge in [-0.2, -0.15) is 0 Å². The van der Waals surface area contributed by atoms with Gasteiger partial charge in [0.05, 0.1) is 7.11 Å². The van der Waals surface area contributed by atoms with E-state index < -0.39 is 5.67 Å². The van der Waals surface area contributed by atoms with Crippen molar-refractivity contribution in [2.75, 3.05) is 20.2 Å². The monoisotopic (exact) mass is 223 g/mol. The number of ether oxygens (including phenoxy) is 1. The predicted molar refractivity (Wildman–Crippen MR) is 62.7 cm³/mol. The van der Waals surface area contributed by atoms with E-state index in [9.17, 15) is 4.39 Å². The highest BCUT2D eigenvalue weighted by Crippen LogP contribution is 2.40. The lowest BCUT2D eigenvalue weighted by atomic mass is 9.89. The lowest BCUT2D eigenvalue weighted by Gasteiger charge is -2.24. The summed E-state index contributed by atoms with van der Waals surface area (Å²) >= 11 is 0. The van der Waals surface area contributed by atoms with Crippen molar-refractivity contribution < 1.29 is 9.13 Å². The van der Waals surface area contributed by atoms with E-state index in [-0.39, 0.29) is 0 Å². The van der Waals surface area contributed by atoms with E-state index in [4.69, 9.17) is 4.74 Å². The Labute approximate surface area is 95.8 Å². The van der Waals surface area contributed by atoms with Crippen LogP contribution in [0.15, 0.2) is 12.1 Å². The second-order valence-electron chi connectivity index (χ2n) is 4.55. The van der Waals surface area contributed by atoms with Crippen molar-refractivity contribution in [3.8, 4) is 5.75 Å². The van der Waals surface area contributed by atoms with E-state index in [1.807, 2.05) is 26.0 Å². The molecule has 88 valence electrons. The third-order valence-corrected chi connectivity index (χ3v) is 3.21. The van der Waals surface area contributed by atoms with Crippen LogP contribution in [0.4, 0.5) is 4.39 Å². The number of benzene rings is 1. The van der Waals surface area contributed by atoms with E-state index in [0.717, 1.165) is 17.7 Å². The van der Waals surface area contributed by atoms with Crippen molar-refractivity contribution in [2.24, 2.45) is 0 Å². The molecule has 0 radical (unpaired) electrons. The van der Waals surface area contributed by atoms with Gasteiger partial charge in [-0.05, 0) is 44.0 Å². The lowest BCUT2D eigenvalue weighted by molar-refractivity contribution is 0.185. The van der Waals surface area contributed by atoms with Crippen LogP contribution in [0.5, 0.6) is 5.75 Å². The minimum atomic E-state index is -1.27. The van der Waals surface area contributed by atoms with Crippen molar-refractivity contribution in [1.82, 2.24) is 5.32 Å². The third-order valence-electron chi connectivity index (χ3n) is 3.21. The van der Waals surface area contributed by atoms with Gasteiger partial charge in [0.1, 0.15) is 5.75 Å². The summed E-state index contributed by atoms with van der Waals surface area (Å²) < 4.78 is 20.1. The van der Waals surface area contributed by atoms with Crippen LogP contribution in [-0.4, -0.2) is 20.2 Å². The number of hydrogen-bond acceptors (Lipinski definition) is 2. The topological polar surface area (TPSA) is 21.3 Å². The first-order valence-corrected chi connectivity index (χ1v) is 5.62. The number of methoxy groups -OCH3 is 1. The summed E-state index contributed by atoms with van der Waals surface area (Å²) in [5.74, 6) is 0.670. The van der Waals surface area contributed by atoms with Crippen LogP contribution >= 0.6 is 0 Å². The van der Waals surface area contributed by atoms with Gasteiger partial charge in [0, 0.05) is 12.1 Å². The fourth-order valence-electron chi connectivity index (χ4n) is 2.54. The summed E-state index contributed by atoms with van der Waals surface area (Å²) in [6, 6.07) is 3.92. The van der Waals surface area contributed by atoms with E-state index >= 15 is 0 Å². The second kappa shape index (κ2) is 4.06. The number of aryl methyl sites for hydroxylation is 2. The fraction of sp³-hybridized carbons (Fsp3) is 0.538. The zero-order valence-electron chi connectivity index (χ0n) is 10.1. The molecular formula is C13H18FNO. The van der Waals surface area contributed by atoms with Gasteiger partial charge in [-0.3, -0.25) is 0 Å². The van der Waals surface area contributed by atoms with E-state index in [1.165, 1.54) is 0 Å². The van der Waals surface area contributed by atoms with Crippen LogP contribution in [0.25, 0.3) is 0 Å². The van der Waals surface area contributed by atoms with Crippen molar-refractivity contribution in [1.29, 1.82) is 0 Å². The molecule has 3 heteroatoms. The lowest BCUT2D eigenvalue weighted by Crippen LogP contribution is -2.25. The number of hydrogen-bond donors (Lipinski definition) is 1. The van der Waals surface area contributed by atoms with E-state index in [0.29, 0.717) is 24.3 Å². The molecule has 1 N–H and O–H groups in total. The Morgan fingerprint density at radius 3 is 2.69 bits per heavy atom. The van der Waals surface area contributed by atoms with Crippen molar-refractivity contribution in [3.63, 3.8) is 0 Å². The first-order valence-electron chi connectivity index (χ1n) is 5.62. The maximum Gasteiger partial charge on any atom is 0.153 e. The molecular weight excluding hydrogens is 205 g/mol. The Bertz CT molecular complexity index is 397. The van der Waals surface area contributed by atoms with Gasteiger partial charge in [-0.15, -0.1) is 0 Å². The first kappa shape index (κ1) is 11.4. The molecule has 0 aliphatic carbocycles. The van der Waals surface area contributed by atoms with Gasteiger partial charge in [-0.25, -0.2) is 4.39 Å². The molecule has 1 aromatic carbocycles. The maximum absolute atomic E-state index is 14.7. The van der Waals surface area contributed by atoms with Crippen LogP contribution in [0.1, 0.15) is 23.1 Å². The van der Waals surface area contributed by atoms with Gasteiger partial charge in [0.2, 0.25) is 0 Å². The van der Waals surface area contributed by atoms with Crippen LogP contribution < -0.4 is 10.1 Å². The minimum Gasteiger partial charge on any atom is -0.496 e. The highest BCUT2D eigenvalue weighted by atomic mass is 19.1. The van der Waals surface area contributed by atoms with Crippen molar-refractivity contribution in [2.45, 2.75) is 25.9 Å². The van der Waals surface area contributed by atoms with Crippen LogP contribution in [0.2, 0.25) is 0 Å². The molecule has 0 saturated carbocycles. The molecule has 1 unspecified atom stereocenters. The summed E-state index contributed by atoms with van der Waals surface area (Å²) in [6.07, 6.45) is 0.521. The standard InChI is InChI=1S/C13H18FNO/c1-9-6-10(2)12(11(7-9)16-3)13(14)4-5-15-8-13/h6-7,15H,4-5,8H2,1-3H3. The number of halogens is 1. The zero-order chi connectivity index (χ0) is 11.8. The third kappa shape index (κ3) is 1.80. The summed E-state index contributed by atoms with van der Waals surface area (Å²) in [6.45, 7) is 5.06. The average Bonchev–Trinajstić information content (AvgIpc) is 2.64. The molecule has 1 aromatic rings. The normalized spacial score (nSPS) is 24.8. The van der Waals surface area contributed by atoms with Gasteiger partial charge in [0.15, 0.2) is 5.67 Å². The fourth-order valence-corrected chi connectivity index (χ4v) is 2.54. The molecule has 16 heavy (non-hydrogen) atoms. The van der Waals surface area contributed by atoms with E-state index in [1.54, 1.807) is 7.11 Å². The van der Waals surface area contributed by atoms with Gasteiger partial charge < -0.3 is 10.1 Å². The molecule has 0 aromatic heterocycles. The van der Waals surface area contributed by atoms with Gasteiger partial charge in [0.25, 0.3) is 0 Å². The smallest absolute Gasteiger partial charge is 0.153 e. The van der Waals surface area contributed by atoms with Crippen LogP contribution in [0, 0.1) is 13.8 Å². The number of rotatable bonds is 2. The van der Waals surface area contributed by atoms with Gasteiger partial charge >= 0.3 is 0 Å². The highest BCUT2D eigenvalue weighted by Gasteiger charge is 2.39. The SMILES string of the molecule is COc1cc(C)cc(C)c1C1(F)CCNC1. The molecule has 1 saturated heterocycles. The zero-order valence-corrected chi connectivity index (χ0v) is 10.1. The Morgan fingerprint density at radius 2 is 2.12 bits per heavy atom. The molecule has 0 amide bonds. The van der Waals surface area contributed by atoms with E-state index in [2.05, 4.69) is 5.32 Å². The first-order chi connectivity index (χ1) is 7.57. The summed E-state index contributed by atoms with van der Waals surface area (Å²) in [5.41, 5.74) is 1.52. The quantitative estimate of drug-likeness (QED) is 0.831. The Balaban J connectivity index is 2.54. The Hall–Kier alpha value is -1.09. The Kier molecular flexibility index (Phi) is 2.89. The molecule has 2 nitrogen and oxygen atoms in total. The summed E-state index contributed by atoms with van der Waals surface area (Å²) in [5, 5.41) is 3.07. The minimum absolute atomic E-state index is 0.382. The number of alkyl halides is 1. The molecule has 1 fully saturated rings. The van der Waals surface area contributed by atoms with Crippen LogP contribution in [-0.2, 0) is 5.67 Å². The largest absolute Gasteiger partial charge is 0.496 e. The maximum atomic E-state index is 14.7. The molecule has 1 aliphatic rings. The van der Waals surface area contributed by atoms with Crippen LogP contribution in [0.3, 0.4) is 0 Å². The summed E-state index contributed by atoms with van der Waals surface area (Å²) in [7, 11) is 1.60. The van der Waals surface area contributed by atoms with Gasteiger partial charge in [-0.1, -0.05) is 6.07 Å². The molecule has 1 heterocycles. The number of nitrogens with one attached hydrogen (secondary N) is 1. The summed E-state index contributed by atoms with van der Waals surface area (Å²) in [4.78, 5) is 0. The molecule has 0 bridgehead atoms. The van der Waals surface area contributed by atoms with Crippen molar-refractivity contribution >= 4 is 0 Å². The molecule has 1 aliphatic heterocycles. The predicted octanol–water partition coefficient (Wildman–Crippen LogP) is 2.47. The molecule has 1 atom stereocenters. The molecule has 0 spiro atoms.